The second kappa shape index (κ2) is 10.5. The molecule has 4 nitrogen and oxygen atoms in total. The summed E-state index contributed by atoms with van der Waals surface area (Å²) in [7, 11) is 0. The normalized spacial score (nSPS) is 24.2. The van der Waals surface area contributed by atoms with Gasteiger partial charge in [0.05, 0.1) is 21.1 Å². The molecule has 6 heteroatoms. The third-order valence-electron chi connectivity index (χ3n) is 6.20. The lowest BCUT2D eigenvalue weighted by atomic mass is 9.94. The Kier molecular flexibility index (Phi) is 7.79. The van der Waals surface area contributed by atoms with E-state index in [4.69, 9.17) is 9.73 Å². The highest BCUT2D eigenvalue weighted by Gasteiger charge is 2.39. The number of hydrogen-bond acceptors (Lipinski definition) is 4. The number of benzene rings is 1. The zero-order valence-electron chi connectivity index (χ0n) is 17.7. The molecule has 1 aliphatic heterocycles. The molecule has 0 aromatic heterocycles. The molecule has 0 unspecified atom stereocenters. The molecule has 0 radical (unpaired) electrons. The summed E-state index contributed by atoms with van der Waals surface area (Å²) >= 11 is 3.88. The number of amides is 1. The van der Waals surface area contributed by atoms with Crippen LogP contribution < -0.4 is 4.74 Å². The van der Waals surface area contributed by atoms with Gasteiger partial charge in [0.15, 0.2) is 5.17 Å². The minimum absolute atomic E-state index is 0.144. The second-order valence-electron chi connectivity index (χ2n) is 8.40. The maximum Gasteiger partial charge on any atom is 0.266 e. The van der Waals surface area contributed by atoms with Crippen molar-refractivity contribution in [3.8, 4) is 5.75 Å². The molecule has 1 heterocycles. The van der Waals surface area contributed by atoms with Crippen molar-refractivity contribution in [2.45, 2.75) is 83.2 Å². The van der Waals surface area contributed by atoms with E-state index in [-0.39, 0.29) is 5.91 Å². The number of hydrogen-bond donors (Lipinski definition) is 0. The Morgan fingerprint density at radius 3 is 2.50 bits per heavy atom. The van der Waals surface area contributed by atoms with Crippen LogP contribution in [0.15, 0.2) is 28.1 Å². The Morgan fingerprint density at radius 1 is 1.13 bits per heavy atom. The van der Waals surface area contributed by atoms with E-state index in [9.17, 15) is 4.79 Å². The molecular formula is C24H31IN2O2S. The molecule has 3 aliphatic rings. The van der Waals surface area contributed by atoms with Crippen LogP contribution in [0.3, 0.4) is 0 Å². The second-order valence-corrected chi connectivity index (χ2v) is 10.6. The number of nitrogens with zero attached hydrogens (tertiary/aromatic N) is 2. The summed E-state index contributed by atoms with van der Waals surface area (Å²) in [4.78, 5) is 21.4. The van der Waals surface area contributed by atoms with Gasteiger partial charge in [0.25, 0.3) is 5.91 Å². The largest absolute Gasteiger partial charge is 0.493 e. The van der Waals surface area contributed by atoms with E-state index in [0.29, 0.717) is 18.7 Å². The molecule has 0 N–H and O–H groups in total. The van der Waals surface area contributed by atoms with E-state index in [1.54, 1.807) is 11.8 Å². The summed E-state index contributed by atoms with van der Waals surface area (Å²) in [6, 6.07) is 6.82. The summed E-state index contributed by atoms with van der Waals surface area (Å²) < 4.78 is 6.72. The number of ether oxygens (including phenoxy) is 1. The number of carbonyl (C=O) groups excluding carboxylic acids is 1. The molecule has 1 aromatic rings. The first-order valence-electron chi connectivity index (χ1n) is 11.4. The number of halogens is 1. The fraction of sp³-hybridized carbons (Fsp3) is 0.583. The predicted molar refractivity (Wildman–Crippen MR) is 134 cm³/mol. The highest BCUT2D eigenvalue weighted by molar-refractivity contribution is 14.1. The average molecular weight is 538 g/mol. The van der Waals surface area contributed by atoms with Crippen molar-refractivity contribution in [2.75, 3.05) is 6.61 Å². The van der Waals surface area contributed by atoms with Gasteiger partial charge in [0.1, 0.15) is 5.75 Å². The number of thioether (sulfide) groups is 1. The van der Waals surface area contributed by atoms with Gasteiger partial charge < -0.3 is 4.74 Å². The minimum Gasteiger partial charge on any atom is -0.493 e. The van der Waals surface area contributed by atoms with Crippen molar-refractivity contribution < 1.29 is 9.53 Å². The fourth-order valence-electron chi connectivity index (χ4n) is 4.63. The maximum absolute atomic E-state index is 13.4. The van der Waals surface area contributed by atoms with Crippen molar-refractivity contribution in [3.05, 3.63) is 32.2 Å². The fourth-order valence-corrected chi connectivity index (χ4v) is 6.44. The molecule has 0 spiro atoms. The predicted octanol–water partition coefficient (Wildman–Crippen LogP) is 6.63. The van der Waals surface area contributed by atoms with Gasteiger partial charge in [-0.2, -0.15) is 0 Å². The third kappa shape index (κ3) is 5.23. The lowest BCUT2D eigenvalue weighted by molar-refractivity contribution is -0.124. The Bertz CT molecular complexity index is 826. The average Bonchev–Trinajstić information content (AvgIpc) is 3.06. The molecular weight excluding hydrogens is 507 g/mol. The van der Waals surface area contributed by atoms with Crippen LogP contribution in [0.25, 0.3) is 6.08 Å². The maximum atomic E-state index is 13.4. The SMILES string of the molecule is CCOc1ccc(/C=C2\SC(=NC3CCCCC3)N(C3CCCCC3)C2=O)cc1I. The molecule has 2 aliphatic carbocycles. The van der Waals surface area contributed by atoms with Crippen molar-refractivity contribution in [2.24, 2.45) is 4.99 Å². The first-order chi connectivity index (χ1) is 14.7. The van der Waals surface area contributed by atoms with E-state index in [1.807, 2.05) is 30.0 Å². The number of amidine groups is 1. The lowest BCUT2D eigenvalue weighted by Crippen LogP contribution is -2.41. The Labute approximate surface area is 198 Å². The Balaban J connectivity index is 1.60. The van der Waals surface area contributed by atoms with Crippen molar-refractivity contribution in [1.82, 2.24) is 4.90 Å². The Hall–Kier alpha value is -1.02. The molecule has 3 fully saturated rings. The molecule has 162 valence electrons. The molecule has 0 atom stereocenters. The van der Waals surface area contributed by atoms with Crippen LogP contribution in [0.5, 0.6) is 5.75 Å². The summed E-state index contributed by atoms with van der Waals surface area (Å²) in [6.07, 6.45) is 14.1. The molecule has 2 saturated carbocycles. The zero-order valence-corrected chi connectivity index (χ0v) is 20.7. The van der Waals surface area contributed by atoms with Gasteiger partial charge in [-0.1, -0.05) is 44.6 Å². The van der Waals surface area contributed by atoms with Gasteiger partial charge in [0.2, 0.25) is 0 Å². The zero-order chi connectivity index (χ0) is 20.9. The molecule has 0 bridgehead atoms. The highest BCUT2D eigenvalue weighted by atomic mass is 127. The molecule has 1 saturated heterocycles. The van der Waals surface area contributed by atoms with Crippen LogP contribution >= 0.6 is 34.4 Å². The van der Waals surface area contributed by atoms with Gasteiger partial charge in [-0.3, -0.25) is 14.7 Å². The summed E-state index contributed by atoms with van der Waals surface area (Å²) in [5.74, 6) is 1.04. The summed E-state index contributed by atoms with van der Waals surface area (Å²) in [6.45, 7) is 2.65. The Morgan fingerprint density at radius 2 is 1.83 bits per heavy atom. The monoisotopic (exact) mass is 538 g/mol. The lowest BCUT2D eigenvalue weighted by Gasteiger charge is -2.31. The van der Waals surface area contributed by atoms with E-state index >= 15 is 0 Å². The van der Waals surface area contributed by atoms with Crippen LogP contribution in [0.1, 0.15) is 76.7 Å². The molecule has 1 aromatic carbocycles. The van der Waals surface area contributed by atoms with Crippen LogP contribution in [0, 0.1) is 3.57 Å². The topological polar surface area (TPSA) is 41.9 Å². The van der Waals surface area contributed by atoms with E-state index in [0.717, 1.165) is 50.6 Å². The van der Waals surface area contributed by atoms with Crippen molar-refractivity contribution >= 4 is 51.5 Å². The minimum atomic E-state index is 0.144. The van der Waals surface area contributed by atoms with Gasteiger partial charge in [-0.15, -0.1) is 0 Å². The van der Waals surface area contributed by atoms with E-state index in [1.165, 1.54) is 38.5 Å². The van der Waals surface area contributed by atoms with Gasteiger partial charge in [-0.05, 0) is 90.7 Å². The molecule has 4 rings (SSSR count). The first kappa shape index (κ1) is 22.2. The quantitative estimate of drug-likeness (QED) is 0.312. The van der Waals surface area contributed by atoms with Crippen LogP contribution in [0.4, 0.5) is 0 Å². The van der Waals surface area contributed by atoms with Gasteiger partial charge >= 0.3 is 0 Å². The molecule has 30 heavy (non-hydrogen) atoms. The van der Waals surface area contributed by atoms with E-state index in [2.05, 4.69) is 28.7 Å². The standard InChI is InChI=1S/C24H31IN2O2S/c1-2-29-21-14-13-17(15-20(21)25)16-22-23(28)27(19-11-7-4-8-12-19)24(30-22)26-18-9-5-3-6-10-18/h13-16,18-19H,2-12H2,1H3/b22-16-,26-24?. The first-order valence-corrected chi connectivity index (χ1v) is 13.3. The van der Waals surface area contributed by atoms with Crippen LogP contribution in [-0.2, 0) is 4.79 Å². The molecule has 1 amide bonds. The summed E-state index contributed by atoms with van der Waals surface area (Å²) in [5.41, 5.74) is 1.04. The van der Waals surface area contributed by atoms with Crippen molar-refractivity contribution in [1.29, 1.82) is 0 Å². The van der Waals surface area contributed by atoms with Gasteiger partial charge in [-0.25, -0.2) is 0 Å². The third-order valence-corrected chi connectivity index (χ3v) is 8.04. The van der Waals surface area contributed by atoms with Crippen molar-refractivity contribution in [3.63, 3.8) is 0 Å². The number of aliphatic imine (C=N–C) groups is 1. The van der Waals surface area contributed by atoms with Crippen LogP contribution in [-0.4, -0.2) is 34.7 Å². The summed E-state index contributed by atoms with van der Waals surface area (Å²) in [5, 5.41) is 0.950. The van der Waals surface area contributed by atoms with Gasteiger partial charge in [0, 0.05) is 6.04 Å². The highest BCUT2D eigenvalue weighted by Crippen LogP contribution is 2.38. The van der Waals surface area contributed by atoms with Crippen LogP contribution in [0.2, 0.25) is 0 Å². The smallest absolute Gasteiger partial charge is 0.266 e. The number of carbonyl (C=O) groups is 1. The van der Waals surface area contributed by atoms with E-state index < -0.39 is 0 Å². The number of rotatable bonds is 5.